The summed E-state index contributed by atoms with van der Waals surface area (Å²) in [6.45, 7) is 7.54. The third kappa shape index (κ3) is 3.77. The third-order valence-corrected chi connectivity index (χ3v) is 7.08. The minimum absolute atomic E-state index is 0.0387. The molecule has 0 unspecified atom stereocenters. The van der Waals surface area contributed by atoms with Gasteiger partial charge in [0.25, 0.3) is 5.56 Å². The lowest BCUT2D eigenvalue weighted by molar-refractivity contribution is -0.120. The van der Waals surface area contributed by atoms with E-state index in [-0.39, 0.29) is 16.7 Å². The lowest BCUT2D eigenvalue weighted by Crippen LogP contribution is -2.32. The van der Waals surface area contributed by atoms with Gasteiger partial charge in [0.05, 0.1) is 10.6 Å². The van der Waals surface area contributed by atoms with Gasteiger partial charge in [0.1, 0.15) is 4.83 Å². The number of thioether (sulfide) groups is 1. The van der Waals surface area contributed by atoms with Gasteiger partial charge in [-0.1, -0.05) is 31.5 Å². The Kier molecular flexibility index (Phi) is 5.84. The molecule has 1 saturated heterocycles. The van der Waals surface area contributed by atoms with Crippen molar-refractivity contribution in [1.82, 2.24) is 14.9 Å². The molecule has 2 aromatic heterocycles. The average Bonchev–Trinajstić information content (AvgIpc) is 2.73. The fourth-order valence-electron chi connectivity index (χ4n) is 3.06. The molecule has 1 fully saturated rings. The summed E-state index contributed by atoms with van der Waals surface area (Å²) in [5.74, 6) is 0.0671. The van der Waals surface area contributed by atoms with Gasteiger partial charge in [-0.15, -0.1) is 11.3 Å². The summed E-state index contributed by atoms with van der Waals surface area (Å²) < 4.78 is 1.79. The van der Waals surface area contributed by atoms with Crippen molar-refractivity contribution in [2.24, 2.45) is 0 Å². The number of amides is 1. The van der Waals surface area contributed by atoms with Crippen molar-refractivity contribution < 1.29 is 4.79 Å². The molecule has 0 spiro atoms. The second kappa shape index (κ2) is 7.91. The highest BCUT2D eigenvalue weighted by Gasteiger charge is 2.25. The quantitative estimate of drug-likeness (QED) is 0.806. The molecule has 7 heteroatoms. The normalized spacial score (nSPS) is 18.4. The molecule has 1 N–H and O–H groups in total. The number of carbonyl (C=O) groups is 1. The van der Waals surface area contributed by atoms with Crippen molar-refractivity contribution in [2.75, 3.05) is 6.54 Å². The smallest absolute Gasteiger partial charge is 0.263 e. The number of fused-ring (bicyclic) bond motifs is 1. The third-order valence-electron chi connectivity index (χ3n) is 4.72. The Bertz CT molecular complexity index is 841. The van der Waals surface area contributed by atoms with Crippen LogP contribution in [0, 0.1) is 13.8 Å². The Balaban J connectivity index is 2.05. The second-order valence-electron chi connectivity index (χ2n) is 6.56. The van der Waals surface area contributed by atoms with Crippen LogP contribution in [0.5, 0.6) is 0 Å². The van der Waals surface area contributed by atoms with Crippen LogP contribution >= 0.6 is 23.1 Å². The minimum Gasteiger partial charge on any atom is -0.355 e. The highest BCUT2D eigenvalue weighted by Crippen LogP contribution is 2.31. The van der Waals surface area contributed by atoms with E-state index < -0.39 is 0 Å². The van der Waals surface area contributed by atoms with E-state index in [9.17, 15) is 9.59 Å². The first-order valence-corrected chi connectivity index (χ1v) is 10.7. The fourth-order valence-corrected chi connectivity index (χ4v) is 5.32. The molecular formula is C18H25N3O2S2. The number of carbonyl (C=O) groups excluding carboxylic acids is 1. The number of hydrogen-bond acceptors (Lipinski definition) is 5. The van der Waals surface area contributed by atoms with Gasteiger partial charge in [0.2, 0.25) is 5.91 Å². The molecular weight excluding hydrogens is 354 g/mol. The predicted molar refractivity (Wildman–Crippen MR) is 105 cm³/mol. The van der Waals surface area contributed by atoms with E-state index >= 15 is 0 Å². The van der Waals surface area contributed by atoms with Gasteiger partial charge in [-0.3, -0.25) is 14.2 Å². The maximum Gasteiger partial charge on any atom is 0.263 e. The molecule has 0 radical (unpaired) electrons. The molecule has 1 amide bonds. The van der Waals surface area contributed by atoms with Gasteiger partial charge in [-0.05, 0) is 38.7 Å². The van der Waals surface area contributed by atoms with Crippen molar-refractivity contribution in [2.45, 2.75) is 69.8 Å². The number of nitrogens with one attached hydrogen (secondary N) is 1. The monoisotopic (exact) mass is 379 g/mol. The average molecular weight is 380 g/mol. The molecule has 0 aromatic carbocycles. The number of aromatic nitrogens is 2. The largest absolute Gasteiger partial charge is 0.355 e. The summed E-state index contributed by atoms with van der Waals surface area (Å²) in [6.07, 6.45) is 4.82. The molecule has 25 heavy (non-hydrogen) atoms. The van der Waals surface area contributed by atoms with Crippen molar-refractivity contribution >= 4 is 39.2 Å². The summed E-state index contributed by atoms with van der Waals surface area (Å²) in [7, 11) is 0. The van der Waals surface area contributed by atoms with Gasteiger partial charge in [-0.2, -0.15) is 0 Å². The van der Waals surface area contributed by atoms with E-state index in [0.29, 0.717) is 11.7 Å². The van der Waals surface area contributed by atoms with Gasteiger partial charge < -0.3 is 5.32 Å². The second-order valence-corrected chi connectivity index (χ2v) is 8.93. The summed E-state index contributed by atoms with van der Waals surface area (Å²) in [4.78, 5) is 32.1. The Hall–Kier alpha value is -1.34. The van der Waals surface area contributed by atoms with Gasteiger partial charge in [0, 0.05) is 18.0 Å². The SMILES string of the molecule is CCCCn1c(S[C@H]2CCCCNC2=O)nc2sc(C)c(C)c2c1=O. The van der Waals surface area contributed by atoms with E-state index in [1.54, 1.807) is 15.9 Å². The van der Waals surface area contributed by atoms with Crippen LogP contribution in [-0.2, 0) is 11.3 Å². The number of rotatable bonds is 5. The highest BCUT2D eigenvalue weighted by molar-refractivity contribution is 8.00. The standard InChI is InChI=1S/C18H25N3O2S2/c1-4-5-10-21-17(23)14-11(2)12(3)24-16(14)20-18(21)25-13-8-6-7-9-19-15(13)22/h13H,4-10H2,1-3H3,(H,19,22)/t13-/m0/s1. The Labute approximate surface area is 156 Å². The zero-order valence-corrected chi connectivity index (χ0v) is 16.7. The lowest BCUT2D eigenvalue weighted by atomic mass is 10.2. The van der Waals surface area contributed by atoms with Crippen LogP contribution in [0.4, 0.5) is 0 Å². The maximum atomic E-state index is 13.1. The molecule has 5 nitrogen and oxygen atoms in total. The van der Waals surface area contributed by atoms with Crippen molar-refractivity contribution in [1.29, 1.82) is 0 Å². The highest BCUT2D eigenvalue weighted by atomic mass is 32.2. The first kappa shape index (κ1) is 18.5. The van der Waals surface area contributed by atoms with Gasteiger partial charge in [0.15, 0.2) is 5.16 Å². The Morgan fingerprint density at radius 3 is 2.88 bits per heavy atom. The lowest BCUT2D eigenvalue weighted by Gasteiger charge is -2.16. The van der Waals surface area contributed by atoms with E-state index in [1.165, 1.54) is 11.8 Å². The molecule has 3 heterocycles. The fraction of sp³-hybridized carbons (Fsp3) is 0.611. The van der Waals surface area contributed by atoms with E-state index in [0.717, 1.165) is 59.3 Å². The molecule has 1 atom stereocenters. The van der Waals surface area contributed by atoms with Gasteiger partial charge in [-0.25, -0.2) is 4.98 Å². The van der Waals surface area contributed by atoms with E-state index in [4.69, 9.17) is 4.98 Å². The van der Waals surface area contributed by atoms with Crippen molar-refractivity contribution in [3.8, 4) is 0 Å². The van der Waals surface area contributed by atoms with Crippen molar-refractivity contribution in [3.05, 3.63) is 20.8 Å². The van der Waals surface area contributed by atoms with Crippen LogP contribution in [0.1, 0.15) is 49.5 Å². The first-order chi connectivity index (χ1) is 12.0. The molecule has 1 aliphatic heterocycles. The van der Waals surface area contributed by atoms with Crippen LogP contribution < -0.4 is 10.9 Å². The summed E-state index contributed by atoms with van der Waals surface area (Å²) in [5, 5.41) is 4.24. The zero-order valence-electron chi connectivity index (χ0n) is 15.1. The summed E-state index contributed by atoms with van der Waals surface area (Å²) in [5.41, 5.74) is 1.07. The maximum absolute atomic E-state index is 13.1. The molecule has 0 saturated carbocycles. The summed E-state index contributed by atoms with van der Waals surface area (Å²) >= 11 is 3.02. The number of aryl methyl sites for hydroxylation is 2. The molecule has 3 rings (SSSR count). The van der Waals surface area contributed by atoms with Gasteiger partial charge >= 0.3 is 0 Å². The van der Waals surface area contributed by atoms with Crippen LogP contribution in [0.2, 0.25) is 0 Å². The topological polar surface area (TPSA) is 64.0 Å². The predicted octanol–water partition coefficient (Wildman–Crippen LogP) is 3.64. The van der Waals surface area contributed by atoms with E-state index in [1.807, 2.05) is 13.8 Å². The molecule has 1 aliphatic rings. The number of unbranched alkanes of at least 4 members (excludes halogenated alkanes) is 1. The first-order valence-electron chi connectivity index (χ1n) is 8.97. The van der Waals surface area contributed by atoms with Crippen LogP contribution in [0.3, 0.4) is 0 Å². The van der Waals surface area contributed by atoms with Crippen LogP contribution in [0.25, 0.3) is 10.2 Å². The van der Waals surface area contributed by atoms with E-state index in [2.05, 4.69) is 12.2 Å². The number of nitrogens with zero attached hydrogens (tertiary/aromatic N) is 2. The Morgan fingerprint density at radius 1 is 1.32 bits per heavy atom. The number of thiophene rings is 1. The van der Waals surface area contributed by atoms with Crippen LogP contribution in [-0.4, -0.2) is 27.3 Å². The molecule has 0 aliphatic carbocycles. The summed E-state index contributed by atoms with van der Waals surface area (Å²) in [6, 6.07) is 0. The number of hydrogen-bond donors (Lipinski definition) is 1. The van der Waals surface area contributed by atoms with Crippen molar-refractivity contribution in [3.63, 3.8) is 0 Å². The molecule has 136 valence electrons. The molecule has 0 bridgehead atoms. The minimum atomic E-state index is -0.165. The molecule has 2 aromatic rings. The zero-order chi connectivity index (χ0) is 18.0. The van der Waals surface area contributed by atoms with Crippen LogP contribution in [0.15, 0.2) is 9.95 Å². The Morgan fingerprint density at radius 2 is 2.12 bits per heavy atom.